The number of benzene rings is 2. The van der Waals surface area contributed by atoms with Crippen LogP contribution < -0.4 is 10.1 Å². The number of alkyl halides is 3. The Morgan fingerprint density at radius 1 is 1.03 bits per heavy atom. The van der Waals surface area contributed by atoms with Gasteiger partial charge in [-0.1, -0.05) is 30.3 Å². The van der Waals surface area contributed by atoms with Crippen LogP contribution in [0.1, 0.15) is 40.9 Å². The van der Waals surface area contributed by atoms with Crippen molar-refractivity contribution < 1.29 is 27.8 Å². The Balaban J connectivity index is 1.72. The van der Waals surface area contributed by atoms with Gasteiger partial charge in [-0.2, -0.15) is 13.2 Å². The third kappa shape index (κ3) is 5.82. The summed E-state index contributed by atoms with van der Waals surface area (Å²) in [5.74, 6) is -0.664. The predicted octanol–water partition coefficient (Wildman–Crippen LogP) is 5.05. The molecule has 0 aliphatic carbocycles. The van der Waals surface area contributed by atoms with Gasteiger partial charge < -0.3 is 15.2 Å². The van der Waals surface area contributed by atoms with Gasteiger partial charge in [0.1, 0.15) is 11.3 Å². The molecule has 0 saturated heterocycles. The lowest BCUT2D eigenvalue weighted by molar-refractivity contribution is -0.137. The molecule has 1 amide bonds. The van der Waals surface area contributed by atoms with E-state index in [9.17, 15) is 23.1 Å². The summed E-state index contributed by atoms with van der Waals surface area (Å²) in [7, 11) is 0. The Labute approximate surface area is 177 Å². The maximum absolute atomic E-state index is 12.9. The van der Waals surface area contributed by atoms with E-state index in [1.807, 2.05) is 0 Å². The SMILES string of the molecule is CC(C)(O)c1ccc(CNC(=O)c2cccnc2Oc2cccc(C(F)(F)F)c2)cc1. The van der Waals surface area contributed by atoms with Crippen LogP contribution in [0.15, 0.2) is 66.9 Å². The maximum Gasteiger partial charge on any atom is 0.416 e. The van der Waals surface area contributed by atoms with Crippen molar-refractivity contribution >= 4 is 5.91 Å². The summed E-state index contributed by atoms with van der Waals surface area (Å²) in [6, 6.07) is 14.5. The van der Waals surface area contributed by atoms with E-state index in [2.05, 4.69) is 10.3 Å². The zero-order valence-electron chi connectivity index (χ0n) is 16.9. The maximum atomic E-state index is 12.9. The fraction of sp³-hybridized carbons (Fsp3) is 0.217. The van der Waals surface area contributed by atoms with Gasteiger partial charge in [0.15, 0.2) is 0 Å². The number of aromatic nitrogens is 1. The van der Waals surface area contributed by atoms with E-state index in [4.69, 9.17) is 4.74 Å². The molecule has 0 bridgehead atoms. The van der Waals surface area contributed by atoms with E-state index >= 15 is 0 Å². The van der Waals surface area contributed by atoms with Crippen LogP contribution in [0, 0.1) is 0 Å². The average molecular weight is 430 g/mol. The van der Waals surface area contributed by atoms with Crippen LogP contribution in [0.4, 0.5) is 13.2 Å². The number of ether oxygens (including phenoxy) is 1. The lowest BCUT2D eigenvalue weighted by Crippen LogP contribution is -2.23. The molecule has 0 saturated carbocycles. The predicted molar refractivity (Wildman–Crippen MR) is 109 cm³/mol. The number of halogens is 3. The molecule has 8 heteroatoms. The van der Waals surface area contributed by atoms with Gasteiger partial charge in [0.2, 0.25) is 5.88 Å². The van der Waals surface area contributed by atoms with Crippen LogP contribution in [0.25, 0.3) is 0 Å². The second-order valence-electron chi connectivity index (χ2n) is 7.42. The van der Waals surface area contributed by atoms with Crippen molar-refractivity contribution in [2.24, 2.45) is 0 Å². The highest BCUT2D eigenvalue weighted by Crippen LogP contribution is 2.33. The molecule has 0 radical (unpaired) electrons. The first-order valence-corrected chi connectivity index (χ1v) is 9.44. The van der Waals surface area contributed by atoms with Crippen LogP contribution >= 0.6 is 0 Å². The second-order valence-corrected chi connectivity index (χ2v) is 7.42. The summed E-state index contributed by atoms with van der Waals surface area (Å²) in [6.07, 6.45) is -3.13. The lowest BCUT2D eigenvalue weighted by Gasteiger charge is -2.18. The van der Waals surface area contributed by atoms with Gasteiger partial charge in [-0.15, -0.1) is 0 Å². The first-order valence-electron chi connectivity index (χ1n) is 9.44. The molecule has 31 heavy (non-hydrogen) atoms. The summed E-state index contributed by atoms with van der Waals surface area (Å²) in [5, 5.41) is 12.7. The van der Waals surface area contributed by atoms with Crippen molar-refractivity contribution in [3.8, 4) is 11.6 Å². The van der Waals surface area contributed by atoms with Crippen molar-refractivity contribution in [3.63, 3.8) is 0 Å². The fourth-order valence-electron chi connectivity index (χ4n) is 2.80. The molecule has 0 atom stereocenters. The van der Waals surface area contributed by atoms with Crippen molar-refractivity contribution in [1.29, 1.82) is 0 Å². The van der Waals surface area contributed by atoms with Crippen molar-refractivity contribution in [2.45, 2.75) is 32.2 Å². The molecule has 162 valence electrons. The fourth-order valence-corrected chi connectivity index (χ4v) is 2.80. The second kappa shape index (κ2) is 8.77. The molecule has 2 aromatic carbocycles. The molecule has 1 heterocycles. The third-order valence-electron chi connectivity index (χ3n) is 4.51. The van der Waals surface area contributed by atoms with E-state index < -0.39 is 23.2 Å². The first kappa shape index (κ1) is 22.3. The molecule has 0 aliphatic rings. The highest BCUT2D eigenvalue weighted by molar-refractivity contribution is 5.96. The molecular weight excluding hydrogens is 409 g/mol. The van der Waals surface area contributed by atoms with Crippen LogP contribution in [0.5, 0.6) is 11.6 Å². The third-order valence-corrected chi connectivity index (χ3v) is 4.51. The minimum absolute atomic E-state index is 0.0789. The molecule has 5 nitrogen and oxygen atoms in total. The lowest BCUT2D eigenvalue weighted by atomic mass is 9.97. The quantitative estimate of drug-likeness (QED) is 0.574. The van der Waals surface area contributed by atoms with Crippen molar-refractivity contribution in [2.75, 3.05) is 0 Å². The van der Waals surface area contributed by atoms with Crippen molar-refractivity contribution in [3.05, 3.63) is 89.1 Å². The smallest absolute Gasteiger partial charge is 0.416 e. The molecule has 0 aliphatic heterocycles. The minimum atomic E-state index is -4.51. The summed E-state index contributed by atoms with van der Waals surface area (Å²) < 4.78 is 44.2. The van der Waals surface area contributed by atoms with E-state index in [1.54, 1.807) is 38.1 Å². The van der Waals surface area contributed by atoms with E-state index in [-0.39, 0.29) is 23.7 Å². The van der Waals surface area contributed by atoms with Gasteiger partial charge >= 0.3 is 6.18 Å². The number of aliphatic hydroxyl groups is 1. The molecule has 3 rings (SSSR count). The topological polar surface area (TPSA) is 71.5 Å². The Morgan fingerprint density at radius 3 is 2.39 bits per heavy atom. The van der Waals surface area contributed by atoms with Gasteiger partial charge in [0.25, 0.3) is 5.91 Å². The summed E-state index contributed by atoms with van der Waals surface area (Å²) in [4.78, 5) is 16.6. The zero-order chi connectivity index (χ0) is 22.6. The number of carbonyl (C=O) groups excluding carboxylic acids is 1. The molecular formula is C23H21F3N2O3. The molecule has 0 fully saturated rings. The summed E-state index contributed by atoms with van der Waals surface area (Å²) >= 11 is 0. The van der Waals surface area contributed by atoms with Gasteiger partial charge in [-0.05, 0) is 55.3 Å². The molecule has 3 aromatic rings. The molecule has 2 N–H and O–H groups in total. The number of carbonyl (C=O) groups is 1. The number of rotatable bonds is 6. The normalized spacial score (nSPS) is 11.8. The van der Waals surface area contributed by atoms with Gasteiger partial charge in [0, 0.05) is 12.7 Å². The number of amides is 1. The average Bonchev–Trinajstić information content (AvgIpc) is 2.72. The highest BCUT2D eigenvalue weighted by atomic mass is 19.4. The first-order chi connectivity index (χ1) is 14.5. The number of nitrogens with zero attached hydrogens (tertiary/aromatic N) is 1. The molecule has 0 unspecified atom stereocenters. The Kier molecular flexibility index (Phi) is 6.31. The number of hydrogen-bond donors (Lipinski definition) is 2. The largest absolute Gasteiger partial charge is 0.438 e. The Morgan fingerprint density at radius 2 is 1.74 bits per heavy atom. The van der Waals surface area contributed by atoms with Crippen molar-refractivity contribution in [1.82, 2.24) is 10.3 Å². The Bertz CT molecular complexity index is 1060. The van der Waals surface area contributed by atoms with E-state index in [1.165, 1.54) is 30.5 Å². The highest BCUT2D eigenvalue weighted by Gasteiger charge is 2.30. The van der Waals surface area contributed by atoms with Crippen LogP contribution in [0.3, 0.4) is 0 Å². The van der Waals surface area contributed by atoms with Gasteiger partial charge in [-0.3, -0.25) is 4.79 Å². The van der Waals surface area contributed by atoms with Crippen LogP contribution in [-0.4, -0.2) is 16.0 Å². The number of hydrogen-bond acceptors (Lipinski definition) is 4. The van der Waals surface area contributed by atoms with Crippen LogP contribution in [0.2, 0.25) is 0 Å². The minimum Gasteiger partial charge on any atom is -0.438 e. The zero-order valence-corrected chi connectivity index (χ0v) is 16.9. The van der Waals surface area contributed by atoms with Crippen LogP contribution in [-0.2, 0) is 18.3 Å². The number of pyridine rings is 1. The molecule has 0 spiro atoms. The van der Waals surface area contributed by atoms with E-state index in [0.29, 0.717) is 0 Å². The summed E-state index contributed by atoms with van der Waals surface area (Å²) in [6.45, 7) is 3.57. The van der Waals surface area contributed by atoms with E-state index in [0.717, 1.165) is 23.3 Å². The summed E-state index contributed by atoms with van der Waals surface area (Å²) in [5.41, 5.74) is -0.181. The standard InChI is InChI=1S/C23H21F3N2O3/c1-22(2,30)16-10-8-15(9-11-16)14-28-20(29)19-7-4-12-27-21(19)31-18-6-3-5-17(13-18)23(24,25)26/h3-13,30H,14H2,1-2H3,(H,28,29). The Hall–Kier alpha value is -3.39. The van der Waals surface area contributed by atoms with Gasteiger partial charge in [0.05, 0.1) is 11.2 Å². The number of nitrogens with one attached hydrogen (secondary N) is 1. The monoisotopic (exact) mass is 430 g/mol. The molecule has 1 aromatic heterocycles. The van der Waals surface area contributed by atoms with Gasteiger partial charge in [-0.25, -0.2) is 4.98 Å².